The van der Waals surface area contributed by atoms with Crippen LogP contribution in [0.4, 0.5) is 0 Å². The number of esters is 2. The van der Waals surface area contributed by atoms with Gasteiger partial charge in [-0.1, -0.05) is 24.3 Å². The summed E-state index contributed by atoms with van der Waals surface area (Å²) in [7, 11) is 2.93. The van der Waals surface area contributed by atoms with Crippen molar-refractivity contribution in [1.82, 2.24) is 0 Å². The minimum absolute atomic E-state index is 0.0641. The van der Waals surface area contributed by atoms with Crippen molar-refractivity contribution in [3.63, 3.8) is 0 Å². The molecule has 2 aromatic rings. The fraction of sp³-hybridized carbons (Fsp3) is 0.333. The van der Waals surface area contributed by atoms with E-state index in [1.807, 2.05) is 12.1 Å². The normalized spacial score (nSPS) is 13.9. The molecule has 0 amide bonds. The van der Waals surface area contributed by atoms with Crippen LogP contribution in [0.3, 0.4) is 0 Å². The van der Waals surface area contributed by atoms with Gasteiger partial charge in [0.05, 0.1) is 39.6 Å². The summed E-state index contributed by atoms with van der Waals surface area (Å²) >= 11 is 0. The van der Waals surface area contributed by atoms with Gasteiger partial charge in [-0.05, 0) is 49.2 Å². The van der Waals surface area contributed by atoms with E-state index in [2.05, 4.69) is 0 Å². The molecule has 0 aromatic heterocycles. The second-order valence-electron chi connectivity index (χ2n) is 6.62. The van der Waals surface area contributed by atoms with Crippen molar-refractivity contribution in [3.8, 4) is 23.6 Å². The number of ether oxygens (including phenoxy) is 4. The Hall–Kier alpha value is -4.04. The largest absolute Gasteiger partial charge is 0.497 e. The zero-order valence-corrected chi connectivity index (χ0v) is 18.4. The van der Waals surface area contributed by atoms with Gasteiger partial charge in [0.25, 0.3) is 0 Å². The molecule has 166 valence electrons. The van der Waals surface area contributed by atoms with Crippen LogP contribution in [0, 0.1) is 22.7 Å². The summed E-state index contributed by atoms with van der Waals surface area (Å²) in [5, 5.41) is 20.9. The van der Waals surface area contributed by atoms with Crippen LogP contribution in [-0.4, -0.2) is 39.4 Å². The Balaban J connectivity index is 2.99. The van der Waals surface area contributed by atoms with E-state index in [0.717, 1.165) is 0 Å². The summed E-state index contributed by atoms with van der Waals surface area (Å²) in [5.74, 6) is -1.16. The first kappa shape index (κ1) is 24.2. The van der Waals surface area contributed by atoms with Gasteiger partial charge in [0.15, 0.2) is 0 Å². The molecule has 0 aliphatic heterocycles. The van der Waals surface area contributed by atoms with Gasteiger partial charge in [0.1, 0.15) is 11.5 Å². The Bertz CT molecular complexity index is 951. The number of methoxy groups -OCH3 is 2. The number of benzene rings is 2. The molecule has 0 fully saturated rings. The molecule has 0 aliphatic rings. The van der Waals surface area contributed by atoms with Crippen LogP contribution in [0.1, 0.15) is 25.0 Å². The third kappa shape index (κ3) is 3.83. The maximum absolute atomic E-state index is 13.4. The van der Waals surface area contributed by atoms with E-state index in [9.17, 15) is 20.1 Å². The number of hydrogen-bond acceptors (Lipinski definition) is 8. The predicted molar refractivity (Wildman–Crippen MR) is 114 cm³/mol. The molecule has 2 aromatic carbocycles. The predicted octanol–water partition coefficient (Wildman–Crippen LogP) is 3.05. The van der Waals surface area contributed by atoms with E-state index in [1.165, 1.54) is 62.8 Å². The highest BCUT2D eigenvalue weighted by atomic mass is 16.5. The molecule has 0 bridgehead atoms. The standard InChI is InChI=1S/C24H24N2O6/c1-5-31-21(27)23(15-25,17-7-11-19(29-3)12-8-17)24(16-26,22(28)32-6-2)18-9-13-20(30-4)14-10-18/h7-14H,5-6H2,1-4H3. The van der Waals surface area contributed by atoms with Crippen LogP contribution in [-0.2, 0) is 29.9 Å². The van der Waals surface area contributed by atoms with Crippen molar-refractivity contribution in [3.05, 3.63) is 59.7 Å². The smallest absolute Gasteiger partial charge is 0.333 e. The first-order valence-electron chi connectivity index (χ1n) is 9.87. The first-order valence-corrected chi connectivity index (χ1v) is 9.87. The fourth-order valence-corrected chi connectivity index (χ4v) is 3.52. The monoisotopic (exact) mass is 436 g/mol. The van der Waals surface area contributed by atoms with Crippen LogP contribution in [0.25, 0.3) is 0 Å². The minimum atomic E-state index is -2.37. The summed E-state index contributed by atoms with van der Waals surface area (Å²) in [6.45, 7) is 3.01. The lowest BCUT2D eigenvalue weighted by Crippen LogP contribution is -2.58. The van der Waals surface area contributed by atoms with Gasteiger partial charge in [-0.3, -0.25) is 0 Å². The van der Waals surface area contributed by atoms with Gasteiger partial charge in [0.2, 0.25) is 10.8 Å². The molecular formula is C24H24N2O6. The molecule has 0 N–H and O–H groups in total. The Labute approximate surface area is 186 Å². The van der Waals surface area contributed by atoms with Gasteiger partial charge in [-0.2, -0.15) is 10.5 Å². The number of nitrogens with zero attached hydrogens (tertiary/aromatic N) is 2. The van der Waals surface area contributed by atoms with Crippen LogP contribution in [0.2, 0.25) is 0 Å². The Morgan fingerprint density at radius 2 is 1.03 bits per heavy atom. The van der Waals surface area contributed by atoms with E-state index >= 15 is 0 Å². The number of rotatable bonds is 9. The molecule has 0 aliphatic carbocycles. The zero-order chi connectivity index (χ0) is 23.8. The minimum Gasteiger partial charge on any atom is -0.497 e. The van der Waals surface area contributed by atoms with Crippen molar-refractivity contribution in [2.75, 3.05) is 27.4 Å². The van der Waals surface area contributed by atoms with Gasteiger partial charge >= 0.3 is 11.9 Å². The summed E-state index contributed by atoms with van der Waals surface area (Å²) in [6.07, 6.45) is 0. The van der Waals surface area contributed by atoms with Crippen LogP contribution in [0.5, 0.6) is 11.5 Å². The van der Waals surface area contributed by atoms with Gasteiger partial charge in [-0.15, -0.1) is 0 Å². The van der Waals surface area contributed by atoms with Crippen molar-refractivity contribution in [2.24, 2.45) is 0 Å². The quantitative estimate of drug-likeness (QED) is 0.550. The van der Waals surface area contributed by atoms with E-state index in [0.29, 0.717) is 11.5 Å². The molecule has 2 atom stereocenters. The maximum Gasteiger partial charge on any atom is 0.333 e. The number of nitriles is 2. The lowest BCUT2D eigenvalue weighted by molar-refractivity contribution is -0.160. The second-order valence-corrected chi connectivity index (χ2v) is 6.62. The molecule has 0 heterocycles. The van der Waals surface area contributed by atoms with Crippen LogP contribution >= 0.6 is 0 Å². The van der Waals surface area contributed by atoms with E-state index in [4.69, 9.17) is 18.9 Å². The van der Waals surface area contributed by atoms with Crippen molar-refractivity contribution in [1.29, 1.82) is 10.5 Å². The third-order valence-electron chi connectivity index (χ3n) is 5.11. The average Bonchev–Trinajstić information content (AvgIpc) is 2.83. The Morgan fingerprint density at radius 1 is 0.719 bits per heavy atom. The maximum atomic E-state index is 13.4. The summed E-state index contributed by atoms with van der Waals surface area (Å²) in [6, 6.07) is 15.8. The topological polar surface area (TPSA) is 119 Å². The van der Waals surface area contributed by atoms with Crippen molar-refractivity contribution < 1.29 is 28.5 Å². The molecule has 0 saturated heterocycles. The van der Waals surface area contributed by atoms with Crippen molar-refractivity contribution >= 4 is 11.9 Å². The Morgan fingerprint density at radius 3 is 1.25 bits per heavy atom. The molecule has 8 heteroatoms. The molecular weight excluding hydrogens is 412 g/mol. The molecule has 2 unspecified atom stereocenters. The fourth-order valence-electron chi connectivity index (χ4n) is 3.52. The Kier molecular flexibility index (Phi) is 7.81. The van der Waals surface area contributed by atoms with E-state index in [-0.39, 0.29) is 24.3 Å². The van der Waals surface area contributed by atoms with Crippen molar-refractivity contribution in [2.45, 2.75) is 24.7 Å². The van der Waals surface area contributed by atoms with Gasteiger partial charge in [-0.25, -0.2) is 9.59 Å². The summed E-state index contributed by atoms with van der Waals surface area (Å²) in [4.78, 5) is 26.8. The highest BCUT2D eigenvalue weighted by Gasteiger charge is 2.67. The molecule has 32 heavy (non-hydrogen) atoms. The summed E-state index contributed by atoms with van der Waals surface area (Å²) in [5.41, 5.74) is -4.57. The average molecular weight is 436 g/mol. The van der Waals surface area contributed by atoms with Crippen LogP contribution < -0.4 is 9.47 Å². The number of hydrogen-bond donors (Lipinski definition) is 0. The highest BCUT2D eigenvalue weighted by Crippen LogP contribution is 2.47. The van der Waals surface area contributed by atoms with Gasteiger partial charge < -0.3 is 18.9 Å². The van der Waals surface area contributed by atoms with Gasteiger partial charge in [0, 0.05) is 0 Å². The second kappa shape index (κ2) is 10.3. The van der Waals surface area contributed by atoms with E-state index in [1.54, 1.807) is 13.8 Å². The zero-order valence-electron chi connectivity index (χ0n) is 18.4. The van der Waals surface area contributed by atoms with E-state index < -0.39 is 22.8 Å². The summed E-state index contributed by atoms with van der Waals surface area (Å²) < 4.78 is 20.8. The molecule has 2 rings (SSSR count). The SMILES string of the molecule is CCOC(=O)C(C#N)(c1ccc(OC)cc1)C(C#N)(C(=O)OCC)c1ccc(OC)cc1. The lowest BCUT2D eigenvalue weighted by Gasteiger charge is -2.38. The molecule has 0 radical (unpaired) electrons. The molecule has 0 saturated carbocycles. The van der Waals surface area contributed by atoms with Crippen LogP contribution in [0.15, 0.2) is 48.5 Å². The number of carbonyl (C=O) groups is 2. The molecule has 8 nitrogen and oxygen atoms in total. The highest BCUT2D eigenvalue weighted by molar-refractivity contribution is 6.02. The third-order valence-corrected chi connectivity index (χ3v) is 5.11. The molecule has 0 spiro atoms. The first-order chi connectivity index (χ1) is 15.4. The number of carbonyl (C=O) groups excluding carboxylic acids is 2. The lowest BCUT2D eigenvalue weighted by atomic mass is 9.58.